The predicted octanol–water partition coefficient (Wildman–Crippen LogP) is 4.59. The molecule has 3 aromatic rings. The van der Waals surface area contributed by atoms with E-state index in [1.54, 1.807) is 18.2 Å². The van der Waals surface area contributed by atoms with Crippen molar-refractivity contribution in [2.75, 3.05) is 0 Å². The van der Waals surface area contributed by atoms with Crippen LogP contribution in [0.2, 0.25) is 0 Å². The van der Waals surface area contributed by atoms with Gasteiger partial charge in [-0.3, -0.25) is 10.1 Å². The highest BCUT2D eigenvalue weighted by atomic mass is 16.6. The van der Waals surface area contributed by atoms with Crippen molar-refractivity contribution in [2.45, 2.75) is 12.3 Å². The first-order chi connectivity index (χ1) is 13.7. The first kappa shape index (κ1) is 16.5. The lowest BCUT2D eigenvalue weighted by molar-refractivity contribution is -0.386. The number of nitro benzene ring substituents is 1. The van der Waals surface area contributed by atoms with Gasteiger partial charge in [0.25, 0.3) is 5.69 Å². The van der Waals surface area contributed by atoms with Gasteiger partial charge < -0.3 is 10.2 Å². The zero-order valence-corrected chi connectivity index (χ0v) is 14.9. The number of nitrogens with zero attached hydrogens (tertiary/aromatic N) is 2. The minimum Gasteiger partial charge on any atom is -0.469 e. The van der Waals surface area contributed by atoms with Gasteiger partial charge in [0.1, 0.15) is 5.75 Å². The largest absolute Gasteiger partial charge is 0.469 e. The standard InChI is InChI=1S/C22H17N3O3/c26-25(27)19-12-6-4-11-17(19)22-24-20(16-10-5-7-13-21(16)28-22)14-18(23-24)15-8-2-1-3-9-15/h1-14,20,22-23H/t20-,22+/m1/s1. The summed E-state index contributed by atoms with van der Waals surface area (Å²) < 4.78 is 6.23. The number of hydrazine groups is 1. The third-order valence-corrected chi connectivity index (χ3v) is 5.09. The fourth-order valence-corrected chi connectivity index (χ4v) is 3.79. The maximum atomic E-state index is 11.6. The average Bonchev–Trinajstić information content (AvgIpc) is 3.19. The van der Waals surface area contributed by atoms with Crippen molar-refractivity contribution >= 4 is 11.4 Å². The van der Waals surface area contributed by atoms with E-state index in [2.05, 4.69) is 11.5 Å². The minimum atomic E-state index is -0.626. The molecule has 1 N–H and O–H groups in total. The second-order valence-corrected chi connectivity index (χ2v) is 6.73. The highest BCUT2D eigenvalue weighted by Crippen LogP contribution is 2.47. The monoisotopic (exact) mass is 371 g/mol. The van der Waals surface area contributed by atoms with Gasteiger partial charge in [-0.1, -0.05) is 60.7 Å². The molecule has 2 aliphatic heterocycles. The molecule has 2 atom stereocenters. The number of fused-ring (bicyclic) bond motifs is 3. The molecule has 6 nitrogen and oxygen atoms in total. The van der Waals surface area contributed by atoms with Crippen LogP contribution in [-0.2, 0) is 0 Å². The molecule has 5 rings (SSSR count). The van der Waals surface area contributed by atoms with E-state index in [4.69, 9.17) is 4.74 Å². The Labute approximate surface area is 161 Å². The van der Waals surface area contributed by atoms with Crippen LogP contribution in [0.15, 0.2) is 84.9 Å². The van der Waals surface area contributed by atoms with Crippen LogP contribution in [0.4, 0.5) is 5.69 Å². The van der Waals surface area contributed by atoms with Crippen molar-refractivity contribution < 1.29 is 9.66 Å². The molecule has 0 saturated heterocycles. The number of rotatable bonds is 3. The maximum Gasteiger partial charge on any atom is 0.277 e. The highest BCUT2D eigenvalue weighted by Gasteiger charge is 2.42. The van der Waals surface area contributed by atoms with Gasteiger partial charge in [0, 0.05) is 11.6 Å². The lowest BCUT2D eigenvalue weighted by atomic mass is 10.0. The van der Waals surface area contributed by atoms with Crippen LogP contribution in [0, 0.1) is 10.1 Å². The molecule has 0 aliphatic carbocycles. The van der Waals surface area contributed by atoms with E-state index >= 15 is 0 Å². The zero-order valence-electron chi connectivity index (χ0n) is 14.9. The number of hydrogen-bond acceptors (Lipinski definition) is 5. The Bertz CT molecular complexity index is 1080. The van der Waals surface area contributed by atoms with Gasteiger partial charge in [-0.2, -0.15) is 5.01 Å². The fraction of sp³-hybridized carbons (Fsp3) is 0.0909. The van der Waals surface area contributed by atoms with Crippen molar-refractivity contribution in [3.05, 3.63) is 112 Å². The molecule has 0 amide bonds. The van der Waals surface area contributed by atoms with Gasteiger partial charge >= 0.3 is 0 Å². The van der Waals surface area contributed by atoms with E-state index in [0.717, 1.165) is 22.6 Å². The van der Waals surface area contributed by atoms with E-state index in [-0.39, 0.29) is 16.7 Å². The minimum absolute atomic E-state index is 0.0422. The van der Waals surface area contributed by atoms with Gasteiger partial charge in [0.05, 0.1) is 22.2 Å². The summed E-state index contributed by atoms with van der Waals surface area (Å²) in [5, 5.41) is 13.5. The summed E-state index contributed by atoms with van der Waals surface area (Å²) in [6, 6.07) is 24.4. The SMILES string of the molecule is O=[N+]([O-])c1ccccc1[C@@H]1Oc2ccccc2[C@H]2C=C(c3ccccc3)NN21. The number of para-hydroxylation sites is 2. The van der Waals surface area contributed by atoms with E-state index in [0.29, 0.717) is 5.56 Å². The lowest BCUT2D eigenvalue weighted by Gasteiger charge is -2.38. The summed E-state index contributed by atoms with van der Waals surface area (Å²) >= 11 is 0. The second-order valence-electron chi connectivity index (χ2n) is 6.73. The van der Waals surface area contributed by atoms with Crippen molar-refractivity contribution in [1.29, 1.82) is 0 Å². The van der Waals surface area contributed by atoms with E-state index < -0.39 is 6.23 Å². The second kappa shape index (κ2) is 6.51. The molecule has 0 saturated carbocycles. The Morgan fingerprint density at radius 1 is 0.893 bits per heavy atom. The van der Waals surface area contributed by atoms with Gasteiger partial charge in [0.15, 0.2) is 0 Å². The van der Waals surface area contributed by atoms with Crippen molar-refractivity contribution in [3.8, 4) is 5.75 Å². The van der Waals surface area contributed by atoms with Gasteiger partial charge in [-0.05, 0) is 23.8 Å². The van der Waals surface area contributed by atoms with E-state index in [1.165, 1.54) is 6.07 Å². The summed E-state index contributed by atoms with van der Waals surface area (Å²) in [4.78, 5) is 11.2. The molecule has 2 heterocycles. The average molecular weight is 371 g/mol. The number of benzene rings is 3. The summed E-state index contributed by atoms with van der Waals surface area (Å²) in [5.74, 6) is 0.735. The number of ether oxygens (including phenoxy) is 1. The maximum absolute atomic E-state index is 11.6. The third kappa shape index (κ3) is 2.62. The summed E-state index contributed by atoms with van der Waals surface area (Å²) in [5.41, 5.74) is 7.00. The van der Waals surface area contributed by atoms with E-state index in [9.17, 15) is 10.1 Å². The molecule has 0 unspecified atom stereocenters. The number of nitro groups is 1. The predicted molar refractivity (Wildman–Crippen MR) is 105 cm³/mol. The molecule has 0 spiro atoms. The zero-order chi connectivity index (χ0) is 19.1. The Morgan fingerprint density at radius 2 is 1.57 bits per heavy atom. The Hall–Kier alpha value is -3.64. The summed E-state index contributed by atoms with van der Waals surface area (Å²) in [6.45, 7) is 0. The van der Waals surface area contributed by atoms with Crippen LogP contribution in [0.25, 0.3) is 5.70 Å². The smallest absolute Gasteiger partial charge is 0.277 e. The van der Waals surface area contributed by atoms with Gasteiger partial charge in [0.2, 0.25) is 6.23 Å². The van der Waals surface area contributed by atoms with Gasteiger partial charge in [-0.15, -0.1) is 0 Å². The first-order valence-corrected chi connectivity index (χ1v) is 9.03. The Kier molecular flexibility index (Phi) is 3.84. The highest BCUT2D eigenvalue weighted by molar-refractivity contribution is 5.67. The molecule has 0 aromatic heterocycles. The summed E-state index contributed by atoms with van der Waals surface area (Å²) in [7, 11) is 0. The van der Waals surface area contributed by atoms with Crippen molar-refractivity contribution in [1.82, 2.24) is 10.4 Å². The van der Waals surface area contributed by atoms with Crippen LogP contribution < -0.4 is 10.2 Å². The van der Waals surface area contributed by atoms with E-state index in [1.807, 2.05) is 59.6 Å². The first-order valence-electron chi connectivity index (χ1n) is 9.03. The molecule has 138 valence electrons. The Balaban J connectivity index is 1.62. The number of hydrogen-bond donors (Lipinski definition) is 1. The molecule has 2 aliphatic rings. The number of nitrogens with one attached hydrogen (secondary N) is 1. The van der Waals surface area contributed by atoms with Gasteiger partial charge in [-0.25, -0.2) is 0 Å². The van der Waals surface area contributed by atoms with Crippen LogP contribution in [-0.4, -0.2) is 9.93 Å². The van der Waals surface area contributed by atoms with Crippen molar-refractivity contribution in [2.24, 2.45) is 0 Å². The summed E-state index contributed by atoms with van der Waals surface area (Å²) in [6.07, 6.45) is 1.51. The Morgan fingerprint density at radius 3 is 2.36 bits per heavy atom. The lowest BCUT2D eigenvalue weighted by Crippen LogP contribution is -2.43. The van der Waals surface area contributed by atoms with Crippen LogP contribution in [0.5, 0.6) is 5.75 Å². The van der Waals surface area contributed by atoms with Crippen LogP contribution >= 0.6 is 0 Å². The quantitative estimate of drug-likeness (QED) is 0.539. The molecule has 0 fully saturated rings. The topological polar surface area (TPSA) is 67.6 Å². The molecular weight excluding hydrogens is 354 g/mol. The third-order valence-electron chi connectivity index (χ3n) is 5.09. The van der Waals surface area contributed by atoms with Crippen molar-refractivity contribution in [3.63, 3.8) is 0 Å². The van der Waals surface area contributed by atoms with Crippen LogP contribution in [0.3, 0.4) is 0 Å². The molecule has 3 aromatic carbocycles. The molecule has 6 heteroatoms. The molecule has 0 bridgehead atoms. The normalized spacial score (nSPS) is 20.4. The molecule has 28 heavy (non-hydrogen) atoms. The fourth-order valence-electron chi connectivity index (χ4n) is 3.79. The molecule has 0 radical (unpaired) electrons. The molecular formula is C22H17N3O3. The van der Waals surface area contributed by atoms with Crippen LogP contribution in [0.1, 0.15) is 29.0 Å².